The average molecular weight is 333 g/mol. The normalized spacial score (nSPS) is 11.0. The highest BCUT2D eigenvalue weighted by molar-refractivity contribution is 8.01. The molecule has 0 unspecified atom stereocenters. The largest absolute Gasteiger partial charge is 0.325 e. The van der Waals surface area contributed by atoms with Crippen LogP contribution < -0.4 is 5.32 Å². The van der Waals surface area contributed by atoms with Crippen LogP contribution >= 0.6 is 23.1 Å². The minimum Gasteiger partial charge on any atom is -0.325 e. The first kappa shape index (κ1) is 15.0. The Kier molecular flexibility index (Phi) is 4.12. The standard InChI is InChI=1S/C14H15N5OS2/c1-8-4-9(2)12(10(3)5-8)16-11(20)6-21-14-18-19-7-15-17-13(19)22-14/h4-5,7H,6H2,1-3H3,(H,16,20). The number of carbonyl (C=O) groups excluding carboxylic acids is 1. The molecular formula is C14H15N5OS2. The summed E-state index contributed by atoms with van der Waals surface area (Å²) in [7, 11) is 0. The molecule has 0 aliphatic heterocycles. The van der Waals surface area contributed by atoms with E-state index in [0.29, 0.717) is 5.75 Å². The summed E-state index contributed by atoms with van der Waals surface area (Å²) in [6, 6.07) is 4.14. The summed E-state index contributed by atoms with van der Waals surface area (Å²) in [5.74, 6) is 0.280. The molecule has 1 amide bonds. The van der Waals surface area contributed by atoms with Crippen molar-refractivity contribution in [1.29, 1.82) is 0 Å². The number of amides is 1. The Labute approximate surface area is 136 Å². The van der Waals surface area contributed by atoms with Crippen LogP contribution in [-0.2, 0) is 4.79 Å². The zero-order chi connectivity index (χ0) is 15.7. The maximum absolute atomic E-state index is 12.1. The fraction of sp³-hybridized carbons (Fsp3) is 0.286. The number of thioether (sulfide) groups is 1. The number of aromatic nitrogens is 4. The number of fused-ring (bicyclic) bond motifs is 1. The van der Waals surface area contributed by atoms with Crippen LogP contribution in [0.3, 0.4) is 0 Å². The molecule has 3 rings (SSSR count). The molecular weight excluding hydrogens is 318 g/mol. The van der Waals surface area contributed by atoms with Crippen LogP contribution in [0.5, 0.6) is 0 Å². The zero-order valence-corrected chi connectivity index (χ0v) is 14.1. The van der Waals surface area contributed by atoms with Crippen LogP contribution in [0.25, 0.3) is 4.96 Å². The molecule has 0 spiro atoms. The second-order valence-corrected chi connectivity index (χ2v) is 7.22. The number of anilines is 1. The van der Waals surface area contributed by atoms with E-state index in [1.165, 1.54) is 28.7 Å². The monoisotopic (exact) mass is 333 g/mol. The minimum atomic E-state index is -0.0361. The molecule has 0 saturated heterocycles. The van der Waals surface area contributed by atoms with Crippen molar-refractivity contribution in [3.8, 4) is 0 Å². The molecule has 0 aliphatic carbocycles. The number of aryl methyl sites for hydroxylation is 3. The van der Waals surface area contributed by atoms with Crippen molar-refractivity contribution in [2.75, 3.05) is 11.1 Å². The van der Waals surface area contributed by atoms with Crippen molar-refractivity contribution in [2.24, 2.45) is 0 Å². The molecule has 0 atom stereocenters. The van der Waals surface area contributed by atoms with Gasteiger partial charge in [0, 0.05) is 5.69 Å². The van der Waals surface area contributed by atoms with Crippen molar-refractivity contribution < 1.29 is 4.79 Å². The average Bonchev–Trinajstić information content (AvgIpc) is 3.01. The van der Waals surface area contributed by atoms with Crippen molar-refractivity contribution in [2.45, 2.75) is 25.1 Å². The highest BCUT2D eigenvalue weighted by atomic mass is 32.2. The molecule has 1 aromatic carbocycles. The van der Waals surface area contributed by atoms with Gasteiger partial charge in [-0.3, -0.25) is 4.79 Å². The Balaban J connectivity index is 1.64. The third-order valence-corrected chi connectivity index (χ3v) is 5.18. The Morgan fingerprint density at radius 2 is 2.05 bits per heavy atom. The second kappa shape index (κ2) is 6.05. The highest BCUT2D eigenvalue weighted by Gasteiger charge is 2.11. The van der Waals surface area contributed by atoms with E-state index in [-0.39, 0.29) is 5.91 Å². The number of carbonyl (C=O) groups is 1. The van der Waals surface area contributed by atoms with E-state index in [2.05, 4.69) is 39.7 Å². The molecule has 3 aromatic rings. The molecule has 6 nitrogen and oxygen atoms in total. The van der Waals surface area contributed by atoms with Crippen LogP contribution in [0.2, 0.25) is 0 Å². The van der Waals surface area contributed by atoms with Gasteiger partial charge in [0.25, 0.3) is 0 Å². The summed E-state index contributed by atoms with van der Waals surface area (Å²) in [6.07, 6.45) is 1.55. The van der Waals surface area contributed by atoms with Gasteiger partial charge in [0.2, 0.25) is 10.9 Å². The molecule has 1 N–H and O–H groups in total. The van der Waals surface area contributed by atoms with Crippen LogP contribution in [0.4, 0.5) is 5.69 Å². The van der Waals surface area contributed by atoms with E-state index < -0.39 is 0 Å². The van der Waals surface area contributed by atoms with Gasteiger partial charge < -0.3 is 5.32 Å². The van der Waals surface area contributed by atoms with E-state index >= 15 is 0 Å². The lowest BCUT2D eigenvalue weighted by molar-refractivity contribution is -0.113. The molecule has 0 bridgehead atoms. The lowest BCUT2D eigenvalue weighted by Crippen LogP contribution is -2.15. The van der Waals surface area contributed by atoms with Gasteiger partial charge in [0.15, 0.2) is 4.34 Å². The van der Waals surface area contributed by atoms with E-state index in [1.807, 2.05) is 13.8 Å². The first-order chi connectivity index (χ1) is 10.5. The third-order valence-electron chi connectivity index (χ3n) is 3.14. The van der Waals surface area contributed by atoms with Crippen LogP contribution in [0.1, 0.15) is 16.7 Å². The maximum atomic E-state index is 12.1. The summed E-state index contributed by atoms with van der Waals surface area (Å²) >= 11 is 2.82. The predicted octanol–water partition coefficient (Wildman–Crippen LogP) is 2.84. The minimum absolute atomic E-state index is 0.0361. The summed E-state index contributed by atoms with van der Waals surface area (Å²) in [5.41, 5.74) is 4.25. The third kappa shape index (κ3) is 3.12. The van der Waals surface area contributed by atoms with Gasteiger partial charge in [-0.25, -0.2) is 0 Å². The van der Waals surface area contributed by atoms with Gasteiger partial charge in [0.05, 0.1) is 5.75 Å². The highest BCUT2D eigenvalue weighted by Crippen LogP contribution is 2.25. The maximum Gasteiger partial charge on any atom is 0.235 e. The summed E-state index contributed by atoms with van der Waals surface area (Å²) in [5, 5.41) is 15.0. The SMILES string of the molecule is Cc1cc(C)c(NC(=O)CSc2nn3cnnc3s2)c(C)c1. The van der Waals surface area contributed by atoms with Gasteiger partial charge >= 0.3 is 0 Å². The van der Waals surface area contributed by atoms with Gasteiger partial charge in [-0.1, -0.05) is 40.8 Å². The van der Waals surface area contributed by atoms with Crippen LogP contribution in [0.15, 0.2) is 22.8 Å². The van der Waals surface area contributed by atoms with Crippen LogP contribution in [-0.4, -0.2) is 31.5 Å². The Morgan fingerprint density at radius 3 is 2.73 bits per heavy atom. The van der Waals surface area contributed by atoms with Crippen molar-refractivity contribution in [3.63, 3.8) is 0 Å². The summed E-state index contributed by atoms with van der Waals surface area (Å²) in [6.45, 7) is 6.06. The fourth-order valence-corrected chi connectivity index (χ4v) is 3.94. The van der Waals surface area contributed by atoms with Gasteiger partial charge in [0.1, 0.15) is 6.33 Å². The number of nitrogens with one attached hydrogen (secondary N) is 1. The molecule has 2 heterocycles. The number of benzene rings is 1. The van der Waals surface area contributed by atoms with Crippen molar-refractivity contribution >= 4 is 39.7 Å². The molecule has 2 aromatic heterocycles. The lowest BCUT2D eigenvalue weighted by Gasteiger charge is -2.12. The van der Waals surface area contributed by atoms with Crippen molar-refractivity contribution in [1.82, 2.24) is 19.8 Å². The van der Waals surface area contributed by atoms with Gasteiger partial charge in [-0.15, -0.1) is 15.3 Å². The molecule has 0 fully saturated rings. The number of rotatable bonds is 4. The lowest BCUT2D eigenvalue weighted by atomic mass is 10.1. The van der Waals surface area contributed by atoms with E-state index in [4.69, 9.17) is 0 Å². The topological polar surface area (TPSA) is 72.2 Å². The summed E-state index contributed by atoms with van der Waals surface area (Å²) < 4.78 is 2.41. The smallest absolute Gasteiger partial charge is 0.235 e. The summed E-state index contributed by atoms with van der Waals surface area (Å²) in [4.78, 5) is 12.9. The zero-order valence-electron chi connectivity index (χ0n) is 12.5. The number of hydrogen-bond donors (Lipinski definition) is 1. The number of nitrogens with zero attached hydrogens (tertiary/aromatic N) is 4. The van der Waals surface area contributed by atoms with Gasteiger partial charge in [-0.2, -0.15) is 4.52 Å². The first-order valence-electron chi connectivity index (χ1n) is 6.70. The molecule has 0 radical (unpaired) electrons. The van der Waals surface area contributed by atoms with E-state index in [9.17, 15) is 4.79 Å². The molecule has 0 saturated carbocycles. The van der Waals surface area contributed by atoms with Crippen LogP contribution in [0, 0.1) is 20.8 Å². The van der Waals surface area contributed by atoms with E-state index in [0.717, 1.165) is 26.1 Å². The molecule has 8 heteroatoms. The fourth-order valence-electron chi connectivity index (χ4n) is 2.28. The predicted molar refractivity (Wildman–Crippen MR) is 88.7 cm³/mol. The van der Waals surface area contributed by atoms with E-state index in [1.54, 1.807) is 10.8 Å². The van der Waals surface area contributed by atoms with Gasteiger partial charge in [-0.05, 0) is 31.9 Å². The number of hydrogen-bond acceptors (Lipinski definition) is 6. The Morgan fingerprint density at radius 1 is 1.32 bits per heavy atom. The first-order valence-corrected chi connectivity index (χ1v) is 8.50. The molecule has 0 aliphatic rings. The Hall–Kier alpha value is -1.93. The Bertz CT molecular complexity index is 787. The molecule has 114 valence electrons. The van der Waals surface area contributed by atoms with Crippen molar-refractivity contribution in [3.05, 3.63) is 35.2 Å². The molecule has 22 heavy (non-hydrogen) atoms. The quantitative estimate of drug-likeness (QED) is 0.743. The second-order valence-electron chi connectivity index (χ2n) is 5.04.